The number of carbonyl (C=O) groups excluding carboxylic acids is 3. The fraction of sp³-hybridized carbons (Fsp3) is 0.280. The van der Waals surface area contributed by atoms with Crippen molar-refractivity contribution in [1.29, 1.82) is 0 Å². The van der Waals surface area contributed by atoms with Crippen LogP contribution in [0.15, 0.2) is 73.2 Å². The molecule has 168 valence electrons. The zero-order valence-corrected chi connectivity index (χ0v) is 18.9. The zero-order valence-electron chi connectivity index (χ0n) is 18.0. The van der Waals surface area contributed by atoms with Crippen LogP contribution in [0.2, 0.25) is 0 Å². The van der Waals surface area contributed by atoms with E-state index in [4.69, 9.17) is 4.74 Å². The van der Waals surface area contributed by atoms with E-state index < -0.39 is 22.9 Å². The van der Waals surface area contributed by atoms with Crippen LogP contribution in [0.5, 0.6) is 0 Å². The van der Waals surface area contributed by atoms with E-state index in [9.17, 15) is 14.4 Å². The SMILES string of the molecule is CC1(Cn2cnc(C=O)c2)SC2CC(=O)N2C1C(=O)OC(c1ccccc1)c1ccccc1. The van der Waals surface area contributed by atoms with Crippen molar-refractivity contribution in [2.24, 2.45) is 0 Å². The first-order chi connectivity index (χ1) is 16.0. The second kappa shape index (κ2) is 8.51. The molecule has 33 heavy (non-hydrogen) atoms. The number of nitrogens with zero attached hydrogens (tertiary/aromatic N) is 3. The molecular formula is C25H23N3O4S. The Morgan fingerprint density at radius 1 is 1.18 bits per heavy atom. The number of rotatable bonds is 7. The molecule has 1 aromatic heterocycles. The number of carbonyl (C=O) groups is 3. The second-order valence-electron chi connectivity index (χ2n) is 8.52. The van der Waals surface area contributed by atoms with Gasteiger partial charge in [-0.05, 0) is 18.1 Å². The van der Waals surface area contributed by atoms with Gasteiger partial charge in [-0.1, -0.05) is 60.7 Å². The summed E-state index contributed by atoms with van der Waals surface area (Å²) in [6.45, 7) is 2.38. The molecular weight excluding hydrogens is 438 g/mol. The molecule has 2 aromatic carbocycles. The Bertz CT molecular complexity index is 1140. The molecule has 0 N–H and O–H groups in total. The van der Waals surface area contributed by atoms with Gasteiger partial charge >= 0.3 is 5.97 Å². The smallest absolute Gasteiger partial charge is 0.331 e. The van der Waals surface area contributed by atoms with Crippen molar-refractivity contribution < 1.29 is 19.1 Å². The molecule has 0 spiro atoms. The number of fused-ring (bicyclic) bond motifs is 1. The minimum atomic E-state index is -0.745. The summed E-state index contributed by atoms with van der Waals surface area (Å²) < 4.78 is 7.30. The van der Waals surface area contributed by atoms with Gasteiger partial charge in [0, 0.05) is 12.7 Å². The fourth-order valence-electron chi connectivity index (χ4n) is 4.62. The van der Waals surface area contributed by atoms with E-state index >= 15 is 0 Å². The molecule has 1 amide bonds. The minimum Gasteiger partial charge on any atom is -0.451 e. The quantitative estimate of drug-likeness (QED) is 0.305. The van der Waals surface area contributed by atoms with Crippen LogP contribution in [0.4, 0.5) is 0 Å². The van der Waals surface area contributed by atoms with Crippen LogP contribution in [0.25, 0.3) is 0 Å². The number of imidazole rings is 1. The molecule has 2 fully saturated rings. The average Bonchev–Trinajstić information content (AvgIpc) is 3.37. The average molecular weight is 462 g/mol. The molecule has 0 saturated carbocycles. The van der Waals surface area contributed by atoms with Crippen molar-refractivity contribution in [2.75, 3.05) is 0 Å². The molecule has 3 heterocycles. The van der Waals surface area contributed by atoms with Gasteiger partial charge in [-0.25, -0.2) is 9.78 Å². The van der Waals surface area contributed by atoms with Gasteiger partial charge in [0.1, 0.15) is 11.7 Å². The third kappa shape index (κ3) is 3.95. The Morgan fingerprint density at radius 3 is 2.36 bits per heavy atom. The van der Waals surface area contributed by atoms with Gasteiger partial charge in [-0.2, -0.15) is 0 Å². The number of benzene rings is 2. The predicted molar refractivity (Wildman–Crippen MR) is 123 cm³/mol. The highest BCUT2D eigenvalue weighted by Crippen LogP contribution is 2.52. The maximum Gasteiger partial charge on any atom is 0.331 e. The van der Waals surface area contributed by atoms with Crippen molar-refractivity contribution in [2.45, 2.75) is 42.2 Å². The van der Waals surface area contributed by atoms with Gasteiger partial charge in [-0.3, -0.25) is 9.59 Å². The van der Waals surface area contributed by atoms with E-state index in [0.29, 0.717) is 24.9 Å². The van der Waals surface area contributed by atoms with Crippen LogP contribution < -0.4 is 0 Å². The Balaban J connectivity index is 1.46. The molecule has 0 bridgehead atoms. The molecule has 5 rings (SSSR count). The van der Waals surface area contributed by atoms with E-state index in [2.05, 4.69) is 4.98 Å². The van der Waals surface area contributed by atoms with Gasteiger partial charge in [0.25, 0.3) is 0 Å². The maximum absolute atomic E-state index is 13.7. The van der Waals surface area contributed by atoms with E-state index in [1.54, 1.807) is 33.8 Å². The highest BCUT2D eigenvalue weighted by atomic mass is 32.2. The minimum absolute atomic E-state index is 0.0478. The summed E-state index contributed by atoms with van der Waals surface area (Å²) >= 11 is 1.60. The van der Waals surface area contributed by atoms with Crippen molar-refractivity contribution in [3.63, 3.8) is 0 Å². The first kappa shape index (κ1) is 21.5. The molecule has 2 saturated heterocycles. The summed E-state index contributed by atoms with van der Waals surface area (Å²) in [7, 11) is 0. The summed E-state index contributed by atoms with van der Waals surface area (Å²) in [5.41, 5.74) is 2.05. The van der Waals surface area contributed by atoms with E-state index in [0.717, 1.165) is 11.1 Å². The van der Waals surface area contributed by atoms with Crippen molar-refractivity contribution >= 4 is 29.9 Å². The molecule has 2 aliphatic heterocycles. The Hall–Kier alpha value is -3.39. The number of ether oxygens (including phenoxy) is 1. The van der Waals surface area contributed by atoms with Gasteiger partial charge < -0.3 is 14.2 Å². The number of hydrogen-bond donors (Lipinski definition) is 0. The lowest BCUT2D eigenvalue weighted by molar-refractivity contribution is -0.164. The van der Waals surface area contributed by atoms with Crippen LogP contribution in [0.3, 0.4) is 0 Å². The highest BCUT2D eigenvalue weighted by Gasteiger charge is 2.61. The number of thioether (sulfide) groups is 1. The fourth-order valence-corrected chi connectivity index (χ4v) is 6.38. The van der Waals surface area contributed by atoms with E-state index in [1.165, 1.54) is 0 Å². The monoisotopic (exact) mass is 461 g/mol. The van der Waals surface area contributed by atoms with E-state index in [-0.39, 0.29) is 11.3 Å². The van der Waals surface area contributed by atoms with Crippen LogP contribution in [0.1, 0.15) is 41.1 Å². The number of esters is 1. The lowest BCUT2D eigenvalue weighted by atomic mass is 9.95. The third-order valence-corrected chi connectivity index (χ3v) is 7.70. The molecule has 2 aliphatic rings. The van der Waals surface area contributed by atoms with Crippen LogP contribution in [-0.4, -0.2) is 48.8 Å². The first-order valence-corrected chi connectivity index (χ1v) is 11.6. The standard InChI is InChI=1S/C25H23N3O4S/c1-25(15-27-13-19(14-29)26-16-27)23(28-20(30)12-21(28)33-25)24(31)32-22(17-8-4-2-5-9-17)18-10-6-3-7-11-18/h2-11,13-14,16,21-23H,12,15H2,1H3. The Morgan fingerprint density at radius 2 is 1.82 bits per heavy atom. The molecule has 8 heteroatoms. The molecule has 7 nitrogen and oxygen atoms in total. The summed E-state index contributed by atoms with van der Waals surface area (Å²) in [4.78, 5) is 42.9. The normalized spacial score (nSPS) is 23.8. The van der Waals surface area contributed by atoms with Crippen molar-refractivity contribution in [3.8, 4) is 0 Å². The molecule has 3 aromatic rings. The Labute approximate surface area is 195 Å². The number of aldehydes is 1. The summed E-state index contributed by atoms with van der Waals surface area (Å²) in [6.07, 6.45) is 3.74. The molecule has 0 aliphatic carbocycles. The lowest BCUT2D eigenvalue weighted by Crippen LogP contribution is -2.58. The lowest BCUT2D eigenvalue weighted by Gasteiger charge is -2.38. The highest BCUT2D eigenvalue weighted by molar-refractivity contribution is 8.01. The van der Waals surface area contributed by atoms with Gasteiger partial charge in [-0.15, -0.1) is 11.8 Å². The van der Waals surface area contributed by atoms with Crippen LogP contribution in [-0.2, 0) is 20.9 Å². The van der Waals surface area contributed by atoms with Crippen molar-refractivity contribution in [3.05, 3.63) is 90.0 Å². The number of amides is 1. The largest absolute Gasteiger partial charge is 0.451 e. The number of aromatic nitrogens is 2. The van der Waals surface area contributed by atoms with E-state index in [1.807, 2.05) is 67.6 Å². The topological polar surface area (TPSA) is 81.5 Å². The maximum atomic E-state index is 13.7. The summed E-state index contributed by atoms with van der Waals surface area (Å²) in [5, 5.41) is -0.0546. The van der Waals surface area contributed by atoms with Crippen molar-refractivity contribution in [1.82, 2.24) is 14.5 Å². The van der Waals surface area contributed by atoms with Gasteiger partial charge in [0.2, 0.25) is 5.91 Å². The molecule has 0 radical (unpaired) electrons. The van der Waals surface area contributed by atoms with Crippen LogP contribution in [0, 0.1) is 0 Å². The first-order valence-electron chi connectivity index (χ1n) is 10.7. The zero-order chi connectivity index (χ0) is 23.0. The Kier molecular flexibility index (Phi) is 5.54. The third-order valence-electron chi connectivity index (χ3n) is 6.14. The summed E-state index contributed by atoms with van der Waals surface area (Å²) in [5.74, 6) is -0.484. The predicted octanol–water partition coefficient (Wildman–Crippen LogP) is 3.46. The number of β-lactam (4-membered cyclic amide) rings is 1. The van der Waals surface area contributed by atoms with Gasteiger partial charge in [0.15, 0.2) is 12.4 Å². The second-order valence-corrected chi connectivity index (χ2v) is 10.2. The molecule has 3 atom stereocenters. The van der Waals surface area contributed by atoms with Crippen LogP contribution >= 0.6 is 11.8 Å². The number of hydrogen-bond acceptors (Lipinski definition) is 6. The van der Waals surface area contributed by atoms with Gasteiger partial charge in [0.05, 0.1) is 22.9 Å². The summed E-state index contributed by atoms with van der Waals surface area (Å²) in [6, 6.07) is 18.4. The molecule has 3 unspecified atom stereocenters.